The zero-order chi connectivity index (χ0) is 11.4. The molecule has 1 saturated carbocycles. The van der Waals surface area contributed by atoms with Crippen molar-refractivity contribution in [2.24, 2.45) is 11.7 Å². The highest BCUT2D eigenvalue weighted by molar-refractivity contribution is 7.85. The first-order valence-corrected chi connectivity index (χ1v) is 6.74. The highest BCUT2D eigenvalue weighted by atomic mass is 32.2. The van der Waals surface area contributed by atoms with Gasteiger partial charge in [-0.05, 0) is 18.8 Å². The van der Waals surface area contributed by atoms with Crippen LogP contribution in [0.25, 0.3) is 0 Å². The summed E-state index contributed by atoms with van der Waals surface area (Å²) >= 11 is 0. The number of hydrogen-bond acceptors (Lipinski definition) is 3. The molecule has 0 bridgehead atoms. The molecule has 3 N–H and O–H groups in total. The van der Waals surface area contributed by atoms with E-state index < -0.39 is 22.8 Å². The number of carboxylic acids is 1. The molecule has 0 amide bonds. The van der Waals surface area contributed by atoms with E-state index in [2.05, 4.69) is 6.92 Å². The van der Waals surface area contributed by atoms with Crippen LogP contribution >= 0.6 is 0 Å². The molecule has 4 atom stereocenters. The third kappa shape index (κ3) is 3.91. The first kappa shape index (κ1) is 12.6. The maximum Gasteiger partial charge on any atom is 0.321 e. The van der Waals surface area contributed by atoms with Gasteiger partial charge in [0.15, 0.2) is 0 Å². The number of carboxylic acid groups (broad SMARTS) is 1. The molecule has 1 fully saturated rings. The molecular formula is C10H19NO3S. The summed E-state index contributed by atoms with van der Waals surface area (Å²) in [5.41, 5.74) is 5.37. The average Bonchev–Trinajstić information content (AvgIpc) is 2.17. The van der Waals surface area contributed by atoms with E-state index in [1.54, 1.807) is 0 Å². The molecule has 15 heavy (non-hydrogen) atoms. The smallest absolute Gasteiger partial charge is 0.321 e. The predicted molar refractivity (Wildman–Crippen MR) is 60.0 cm³/mol. The normalized spacial score (nSPS) is 30.8. The molecule has 0 heterocycles. The van der Waals surface area contributed by atoms with Crippen molar-refractivity contribution in [1.29, 1.82) is 0 Å². The fourth-order valence-electron chi connectivity index (χ4n) is 2.00. The molecule has 1 rings (SSSR count). The molecule has 88 valence electrons. The Balaban J connectivity index is 2.42. The van der Waals surface area contributed by atoms with Crippen LogP contribution in [-0.2, 0) is 15.6 Å². The van der Waals surface area contributed by atoms with E-state index >= 15 is 0 Å². The van der Waals surface area contributed by atoms with Crippen LogP contribution in [0.3, 0.4) is 0 Å². The van der Waals surface area contributed by atoms with E-state index in [0.717, 1.165) is 19.3 Å². The van der Waals surface area contributed by atoms with Crippen molar-refractivity contribution in [1.82, 2.24) is 0 Å². The second kappa shape index (κ2) is 5.61. The maximum absolute atomic E-state index is 11.8. The zero-order valence-electron chi connectivity index (χ0n) is 9.02. The van der Waals surface area contributed by atoms with Crippen LogP contribution < -0.4 is 5.73 Å². The number of nitrogens with two attached hydrogens (primary N) is 1. The molecule has 4 unspecified atom stereocenters. The summed E-state index contributed by atoms with van der Waals surface area (Å²) in [6, 6.07) is -0.983. The van der Waals surface area contributed by atoms with Gasteiger partial charge in [0.05, 0.1) is 0 Å². The standard InChI is InChI=1S/C10H19NO3S/c1-7-3-2-4-8(5-7)15(14)6-9(11)10(12)13/h7-9H,2-6,11H2,1H3,(H,12,13). The summed E-state index contributed by atoms with van der Waals surface area (Å²) in [6.07, 6.45) is 4.18. The largest absolute Gasteiger partial charge is 0.480 e. The van der Waals surface area contributed by atoms with Gasteiger partial charge in [0.1, 0.15) is 6.04 Å². The lowest BCUT2D eigenvalue weighted by molar-refractivity contribution is -0.137. The van der Waals surface area contributed by atoms with Gasteiger partial charge in [-0.25, -0.2) is 0 Å². The number of hydrogen-bond donors (Lipinski definition) is 2. The Labute approximate surface area is 92.7 Å². The van der Waals surface area contributed by atoms with Gasteiger partial charge in [0, 0.05) is 21.8 Å². The molecular weight excluding hydrogens is 214 g/mol. The molecule has 0 spiro atoms. The minimum Gasteiger partial charge on any atom is -0.480 e. The lowest BCUT2D eigenvalue weighted by atomic mass is 9.91. The highest BCUT2D eigenvalue weighted by Gasteiger charge is 2.26. The van der Waals surface area contributed by atoms with Crippen LogP contribution in [0.2, 0.25) is 0 Å². The maximum atomic E-state index is 11.8. The molecule has 0 radical (unpaired) electrons. The van der Waals surface area contributed by atoms with Gasteiger partial charge >= 0.3 is 5.97 Å². The minimum atomic E-state index is -1.08. The number of carbonyl (C=O) groups is 1. The van der Waals surface area contributed by atoms with Crippen LogP contribution in [0, 0.1) is 5.92 Å². The molecule has 5 heteroatoms. The topological polar surface area (TPSA) is 80.4 Å². The first-order chi connectivity index (χ1) is 7.00. The van der Waals surface area contributed by atoms with E-state index in [-0.39, 0.29) is 11.0 Å². The fraction of sp³-hybridized carbons (Fsp3) is 0.900. The monoisotopic (exact) mass is 233 g/mol. The third-order valence-corrected chi connectivity index (χ3v) is 4.78. The Kier molecular flexibility index (Phi) is 4.73. The summed E-state index contributed by atoms with van der Waals surface area (Å²) in [6.45, 7) is 2.15. The summed E-state index contributed by atoms with van der Waals surface area (Å²) in [4.78, 5) is 10.5. The Hall–Kier alpha value is -0.420. The summed E-state index contributed by atoms with van der Waals surface area (Å²) < 4.78 is 11.8. The van der Waals surface area contributed by atoms with Crippen molar-refractivity contribution in [2.75, 3.05) is 5.75 Å². The Bertz CT molecular complexity index is 257. The fourth-order valence-corrected chi connectivity index (χ4v) is 3.74. The van der Waals surface area contributed by atoms with Crippen LogP contribution in [-0.4, -0.2) is 32.3 Å². The third-order valence-electron chi connectivity index (χ3n) is 2.92. The summed E-state index contributed by atoms with van der Waals surface area (Å²) in [7, 11) is -1.08. The molecule has 0 aliphatic heterocycles. The van der Waals surface area contributed by atoms with Crippen molar-refractivity contribution >= 4 is 16.8 Å². The van der Waals surface area contributed by atoms with Crippen LogP contribution in [0.15, 0.2) is 0 Å². The van der Waals surface area contributed by atoms with E-state index in [1.807, 2.05) is 0 Å². The molecule has 0 aromatic heterocycles. The Morgan fingerprint density at radius 1 is 1.60 bits per heavy atom. The highest BCUT2D eigenvalue weighted by Crippen LogP contribution is 2.27. The van der Waals surface area contributed by atoms with Crippen molar-refractivity contribution in [3.8, 4) is 0 Å². The summed E-state index contributed by atoms with van der Waals surface area (Å²) in [5.74, 6) is -0.367. The average molecular weight is 233 g/mol. The van der Waals surface area contributed by atoms with Crippen molar-refractivity contribution < 1.29 is 14.1 Å². The lowest BCUT2D eigenvalue weighted by Crippen LogP contribution is -2.38. The quantitative estimate of drug-likeness (QED) is 0.750. The van der Waals surface area contributed by atoms with Gasteiger partial charge in [-0.2, -0.15) is 0 Å². The van der Waals surface area contributed by atoms with Crippen molar-refractivity contribution in [3.63, 3.8) is 0 Å². The second-order valence-electron chi connectivity index (χ2n) is 4.39. The molecule has 1 aliphatic carbocycles. The molecule has 0 aromatic rings. The second-order valence-corrected chi connectivity index (χ2v) is 6.15. The SMILES string of the molecule is CC1CCCC(S(=O)CC(N)C(=O)O)C1. The molecule has 1 aliphatic rings. The number of aliphatic carboxylic acids is 1. The van der Waals surface area contributed by atoms with Gasteiger partial charge < -0.3 is 10.8 Å². The van der Waals surface area contributed by atoms with Crippen molar-refractivity contribution in [3.05, 3.63) is 0 Å². The van der Waals surface area contributed by atoms with Crippen LogP contribution in [0.1, 0.15) is 32.6 Å². The van der Waals surface area contributed by atoms with Gasteiger partial charge in [-0.3, -0.25) is 9.00 Å². The van der Waals surface area contributed by atoms with Crippen molar-refractivity contribution in [2.45, 2.75) is 43.9 Å². The molecule has 0 aromatic carbocycles. The van der Waals surface area contributed by atoms with E-state index in [1.165, 1.54) is 6.42 Å². The van der Waals surface area contributed by atoms with E-state index in [4.69, 9.17) is 10.8 Å². The predicted octanol–water partition coefficient (Wildman–Crippen LogP) is 0.726. The van der Waals surface area contributed by atoms with Gasteiger partial charge in [0.25, 0.3) is 0 Å². The Morgan fingerprint density at radius 3 is 2.80 bits per heavy atom. The lowest BCUT2D eigenvalue weighted by Gasteiger charge is -2.26. The van der Waals surface area contributed by atoms with Crippen LogP contribution in [0.5, 0.6) is 0 Å². The van der Waals surface area contributed by atoms with E-state index in [9.17, 15) is 9.00 Å². The van der Waals surface area contributed by atoms with Gasteiger partial charge in [-0.1, -0.05) is 19.8 Å². The van der Waals surface area contributed by atoms with E-state index in [0.29, 0.717) is 5.92 Å². The number of rotatable bonds is 4. The summed E-state index contributed by atoms with van der Waals surface area (Å²) in [5, 5.41) is 8.77. The minimum absolute atomic E-state index is 0.0900. The molecule has 0 saturated heterocycles. The van der Waals surface area contributed by atoms with Crippen LogP contribution in [0.4, 0.5) is 0 Å². The zero-order valence-corrected chi connectivity index (χ0v) is 9.83. The Morgan fingerprint density at radius 2 is 2.27 bits per heavy atom. The first-order valence-electron chi connectivity index (χ1n) is 5.36. The van der Waals surface area contributed by atoms with Gasteiger partial charge in [-0.15, -0.1) is 0 Å². The molecule has 4 nitrogen and oxygen atoms in total. The van der Waals surface area contributed by atoms with Gasteiger partial charge in [0.2, 0.25) is 0 Å².